The highest BCUT2D eigenvalue weighted by Gasteiger charge is 2.27. The average Bonchev–Trinajstić information content (AvgIpc) is 2.83. The van der Waals surface area contributed by atoms with Gasteiger partial charge < -0.3 is 10.1 Å². The third-order valence-electron chi connectivity index (χ3n) is 5.10. The van der Waals surface area contributed by atoms with Crippen molar-refractivity contribution in [2.24, 2.45) is 0 Å². The van der Waals surface area contributed by atoms with Crippen LogP contribution in [0, 0.1) is 5.82 Å². The number of carbonyl (C=O) groups is 1. The predicted molar refractivity (Wildman–Crippen MR) is 126 cm³/mol. The summed E-state index contributed by atoms with van der Waals surface area (Å²) in [4.78, 5) is 12.7. The molecule has 0 unspecified atom stereocenters. The quantitative estimate of drug-likeness (QED) is 0.478. The number of carbonyl (C=O) groups excluding carboxylic acids is 1. The van der Waals surface area contributed by atoms with Gasteiger partial charge in [-0.3, -0.25) is 9.10 Å². The summed E-state index contributed by atoms with van der Waals surface area (Å²) in [5.74, 6) is -0.371. The Morgan fingerprint density at radius 1 is 1.00 bits per heavy atom. The van der Waals surface area contributed by atoms with Gasteiger partial charge in [0, 0.05) is 6.54 Å². The van der Waals surface area contributed by atoms with E-state index in [1.54, 1.807) is 12.1 Å². The van der Waals surface area contributed by atoms with Crippen molar-refractivity contribution in [1.82, 2.24) is 5.32 Å². The van der Waals surface area contributed by atoms with Crippen LogP contribution in [0.15, 0.2) is 83.8 Å². The van der Waals surface area contributed by atoms with Gasteiger partial charge in [-0.15, -0.1) is 0 Å². The van der Waals surface area contributed by atoms with Gasteiger partial charge >= 0.3 is 0 Å². The molecule has 0 bridgehead atoms. The Morgan fingerprint density at radius 2 is 1.64 bits per heavy atom. The first-order valence-corrected chi connectivity index (χ1v) is 12.1. The second kappa shape index (κ2) is 11.0. The second-order valence-corrected chi connectivity index (χ2v) is 9.37. The van der Waals surface area contributed by atoms with Crippen LogP contribution < -0.4 is 14.4 Å². The third kappa shape index (κ3) is 6.32. The zero-order chi connectivity index (χ0) is 23.8. The Kier molecular flexibility index (Phi) is 8.06. The summed E-state index contributed by atoms with van der Waals surface area (Å²) in [6.45, 7) is 4.17. The van der Waals surface area contributed by atoms with E-state index in [9.17, 15) is 17.6 Å². The number of hydrogen-bond acceptors (Lipinski definition) is 4. The fraction of sp³-hybridized carbons (Fsp3) is 0.240. The van der Waals surface area contributed by atoms with E-state index in [4.69, 9.17) is 4.74 Å². The highest BCUT2D eigenvalue weighted by molar-refractivity contribution is 7.92. The van der Waals surface area contributed by atoms with Crippen molar-refractivity contribution in [2.75, 3.05) is 24.0 Å². The summed E-state index contributed by atoms with van der Waals surface area (Å²) >= 11 is 0. The van der Waals surface area contributed by atoms with E-state index in [1.165, 1.54) is 24.3 Å². The monoisotopic (exact) mass is 470 g/mol. The molecule has 6 nitrogen and oxygen atoms in total. The summed E-state index contributed by atoms with van der Waals surface area (Å²) in [7, 11) is -4.09. The maximum Gasteiger partial charge on any atom is 0.264 e. The van der Waals surface area contributed by atoms with Crippen molar-refractivity contribution < 1.29 is 22.3 Å². The molecule has 3 aromatic rings. The van der Waals surface area contributed by atoms with Gasteiger partial charge in [-0.2, -0.15) is 0 Å². The first kappa shape index (κ1) is 24.3. The number of ether oxygens (including phenoxy) is 1. The molecule has 0 heterocycles. The molecule has 0 saturated carbocycles. The highest BCUT2D eigenvalue weighted by Crippen LogP contribution is 2.25. The van der Waals surface area contributed by atoms with Crippen molar-refractivity contribution in [2.45, 2.75) is 24.7 Å². The Labute approximate surface area is 194 Å². The molecule has 0 radical (unpaired) electrons. The molecule has 3 rings (SSSR count). The summed E-state index contributed by atoms with van der Waals surface area (Å²) in [5.41, 5.74) is 1.26. The van der Waals surface area contributed by atoms with Crippen LogP contribution in [0.5, 0.6) is 5.75 Å². The van der Waals surface area contributed by atoms with E-state index in [2.05, 4.69) is 5.32 Å². The minimum atomic E-state index is -4.09. The minimum absolute atomic E-state index is 0.000677. The number of halogens is 1. The lowest BCUT2D eigenvalue weighted by atomic mass is 10.0. The van der Waals surface area contributed by atoms with Crippen LogP contribution in [0.4, 0.5) is 10.1 Å². The molecule has 0 saturated heterocycles. The van der Waals surface area contributed by atoms with Gasteiger partial charge in [0.1, 0.15) is 18.1 Å². The molecule has 1 amide bonds. The summed E-state index contributed by atoms with van der Waals surface area (Å²) < 4.78 is 46.6. The average molecular weight is 471 g/mol. The van der Waals surface area contributed by atoms with Gasteiger partial charge in [0.25, 0.3) is 10.0 Å². The number of benzene rings is 3. The van der Waals surface area contributed by atoms with Crippen LogP contribution in [0.1, 0.15) is 25.3 Å². The Hall–Kier alpha value is -3.39. The molecule has 0 aromatic heterocycles. The molecular weight excluding hydrogens is 443 g/mol. The molecule has 1 N–H and O–H groups in total. The first-order chi connectivity index (χ1) is 15.8. The summed E-state index contributed by atoms with van der Waals surface area (Å²) in [5, 5.41) is 2.80. The second-order valence-electron chi connectivity index (χ2n) is 7.51. The molecule has 0 fully saturated rings. The highest BCUT2D eigenvalue weighted by atomic mass is 32.2. The van der Waals surface area contributed by atoms with Crippen molar-refractivity contribution in [3.63, 3.8) is 0 Å². The van der Waals surface area contributed by atoms with Crippen molar-refractivity contribution in [3.8, 4) is 5.75 Å². The van der Waals surface area contributed by atoms with Gasteiger partial charge in [-0.05, 0) is 66.9 Å². The Bertz CT molecular complexity index is 1150. The maximum atomic E-state index is 13.5. The van der Waals surface area contributed by atoms with Gasteiger partial charge in [-0.1, -0.05) is 37.3 Å². The zero-order valence-electron chi connectivity index (χ0n) is 18.6. The molecular formula is C25H27FN2O4S. The zero-order valence-corrected chi connectivity index (χ0v) is 19.4. The number of rotatable bonds is 10. The van der Waals surface area contributed by atoms with Crippen LogP contribution in [0.2, 0.25) is 0 Å². The van der Waals surface area contributed by atoms with Gasteiger partial charge in [-0.25, -0.2) is 12.8 Å². The number of nitrogens with one attached hydrogen (secondary N) is 1. The van der Waals surface area contributed by atoms with Crippen LogP contribution in [0.3, 0.4) is 0 Å². The number of amides is 1. The molecule has 0 aliphatic carbocycles. The van der Waals surface area contributed by atoms with Crippen molar-refractivity contribution in [1.29, 1.82) is 0 Å². The Morgan fingerprint density at radius 3 is 2.24 bits per heavy atom. The van der Waals surface area contributed by atoms with E-state index in [1.807, 2.05) is 44.2 Å². The fourth-order valence-corrected chi connectivity index (χ4v) is 4.70. The van der Waals surface area contributed by atoms with E-state index in [0.29, 0.717) is 18.9 Å². The molecule has 33 heavy (non-hydrogen) atoms. The first-order valence-electron chi connectivity index (χ1n) is 10.6. The summed E-state index contributed by atoms with van der Waals surface area (Å²) in [6.07, 6.45) is 0. The van der Waals surface area contributed by atoms with E-state index in [-0.39, 0.29) is 16.5 Å². The Balaban J connectivity index is 1.80. The molecule has 0 spiro atoms. The number of anilines is 1. The lowest BCUT2D eigenvalue weighted by Crippen LogP contribution is -2.41. The van der Waals surface area contributed by atoms with Crippen molar-refractivity contribution in [3.05, 3.63) is 90.2 Å². The predicted octanol–water partition coefficient (Wildman–Crippen LogP) is 4.34. The van der Waals surface area contributed by atoms with Crippen LogP contribution in [-0.4, -0.2) is 34.0 Å². The topological polar surface area (TPSA) is 75.7 Å². The maximum absolute atomic E-state index is 13.5. The van der Waals surface area contributed by atoms with Crippen molar-refractivity contribution >= 4 is 21.6 Å². The standard InChI is InChI=1S/C25H27FN2O4S/c1-3-32-23-13-15-24(16-14-23)33(30,31)28(22-11-9-21(26)10-12-22)18-25(29)27-17-19(2)20-7-5-4-6-8-20/h4-16,19H,3,17-18H2,1-2H3,(H,27,29)/t19-/m1/s1. The SMILES string of the molecule is CCOc1ccc(S(=O)(=O)N(CC(=O)NC[C@@H](C)c2ccccc2)c2ccc(F)cc2)cc1. The fourth-order valence-electron chi connectivity index (χ4n) is 3.28. The number of hydrogen-bond donors (Lipinski definition) is 1. The smallest absolute Gasteiger partial charge is 0.264 e. The van der Waals surface area contributed by atoms with Crippen LogP contribution in [-0.2, 0) is 14.8 Å². The third-order valence-corrected chi connectivity index (χ3v) is 6.89. The number of nitrogens with zero attached hydrogens (tertiary/aromatic N) is 1. The van der Waals surface area contributed by atoms with E-state index < -0.39 is 28.3 Å². The van der Waals surface area contributed by atoms with Gasteiger partial charge in [0.05, 0.1) is 17.2 Å². The molecule has 3 aromatic carbocycles. The van der Waals surface area contributed by atoms with E-state index >= 15 is 0 Å². The molecule has 174 valence electrons. The van der Waals surface area contributed by atoms with Gasteiger partial charge in [0.15, 0.2) is 0 Å². The van der Waals surface area contributed by atoms with Crippen LogP contribution in [0.25, 0.3) is 0 Å². The largest absolute Gasteiger partial charge is 0.494 e. The van der Waals surface area contributed by atoms with E-state index in [0.717, 1.165) is 22.0 Å². The van der Waals surface area contributed by atoms with Crippen LogP contribution >= 0.6 is 0 Å². The van der Waals surface area contributed by atoms with Gasteiger partial charge in [0.2, 0.25) is 5.91 Å². The summed E-state index contributed by atoms with van der Waals surface area (Å²) in [6, 6.07) is 20.7. The molecule has 1 atom stereocenters. The lowest BCUT2D eigenvalue weighted by Gasteiger charge is -2.24. The molecule has 0 aliphatic heterocycles. The molecule has 8 heteroatoms. The lowest BCUT2D eigenvalue weighted by molar-refractivity contribution is -0.119. The molecule has 0 aliphatic rings. The normalized spacial score (nSPS) is 12.1. The minimum Gasteiger partial charge on any atom is -0.494 e. The number of sulfonamides is 1.